The summed E-state index contributed by atoms with van der Waals surface area (Å²) < 4.78 is 2.14. The number of aliphatic hydroxyl groups excluding tert-OH is 1. The highest BCUT2D eigenvalue weighted by molar-refractivity contribution is 5.94. The second kappa shape index (κ2) is 11.4. The summed E-state index contributed by atoms with van der Waals surface area (Å²) in [5.74, 6) is 0.0523. The summed E-state index contributed by atoms with van der Waals surface area (Å²) >= 11 is 0. The molecule has 1 N–H and O–H groups in total. The summed E-state index contributed by atoms with van der Waals surface area (Å²) in [6.07, 6.45) is 6.42. The van der Waals surface area contributed by atoms with Gasteiger partial charge in [0, 0.05) is 62.5 Å². The summed E-state index contributed by atoms with van der Waals surface area (Å²) in [7, 11) is 0. The Morgan fingerprint density at radius 3 is 2.44 bits per heavy atom. The summed E-state index contributed by atoms with van der Waals surface area (Å²) in [4.78, 5) is 20.7. The SMILES string of the molecule is CC(C)N1CCC(N2CCc3c(c(C(=O)N4CCC(O)CC4)nn3CCCc3ccccc3)C2)CC1. The third-order valence-electron chi connectivity index (χ3n) is 8.54. The molecular formula is C29H43N5O2. The summed E-state index contributed by atoms with van der Waals surface area (Å²) in [5.41, 5.74) is 4.42. The van der Waals surface area contributed by atoms with E-state index in [9.17, 15) is 9.90 Å². The van der Waals surface area contributed by atoms with Gasteiger partial charge in [0.15, 0.2) is 5.69 Å². The first-order valence-corrected chi connectivity index (χ1v) is 14.1. The smallest absolute Gasteiger partial charge is 0.274 e. The molecule has 196 valence electrons. The standard InChI is InChI=1S/C29H43N5O2/c1-22(2)31-16-10-24(11-17-31)33-20-14-27-26(21-33)28(29(36)32-18-12-25(35)13-19-32)30-34(27)15-6-9-23-7-4-3-5-8-23/h3-5,7-8,22,24-25,35H,6,9-21H2,1-2H3. The summed E-state index contributed by atoms with van der Waals surface area (Å²) in [6.45, 7) is 10.9. The lowest BCUT2D eigenvalue weighted by Crippen LogP contribution is -2.48. The van der Waals surface area contributed by atoms with Crippen LogP contribution in [-0.2, 0) is 25.9 Å². The van der Waals surface area contributed by atoms with Crippen molar-refractivity contribution in [1.29, 1.82) is 0 Å². The number of aliphatic hydroxyl groups is 1. The molecule has 0 spiro atoms. The zero-order valence-electron chi connectivity index (χ0n) is 22.1. The lowest BCUT2D eigenvalue weighted by molar-refractivity contribution is 0.0535. The molecule has 7 heteroatoms. The molecule has 0 aliphatic carbocycles. The highest BCUT2D eigenvalue weighted by atomic mass is 16.3. The molecule has 2 aromatic rings. The third kappa shape index (κ3) is 5.68. The maximum absolute atomic E-state index is 13.6. The molecule has 3 aliphatic rings. The number of carbonyl (C=O) groups excluding carboxylic acids is 1. The lowest BCUT2D eigenvalue weighted by atomic mass is 9.97. The van der Waals surface area contributed by atoms with Crippen LogP contribution in [0, 0.1) is 0 Å². The molecule has 36 heavy (non-hydrogen) atoms. The second-order valence-electron chi connectivity index (χ2n) is 11.2. The van der Waals surface area contributed by atoms with Crippen molar-refractivity contribution in [2.45, 2.75) is 90.1 Å². The minimum atomic E-state index is -0.286. The quantitative estimate of drug-likeness (QED) is 0.641. The molecule has 0 saturated carbocycles. The van der Waals surface area contributed by atoms with Crippen molar-refractivity contribution >= 4 is 5.91 Å². The molecule has 4 heterocycles. The van der Waals surface area contributed by atoms with E-state index in [4.69, 9.17) is 5.10 Å². The van der Waals surface area contributed by atoms with Crippen molar-refractivity contribution in [2.24, 2.45) is 0 Å². The fourth-order valence-corrected chi connectivity index (χ4v) is 6.24. The van der Waals surface area contributed by atoms with Crippen LogP contribution in [0.25, 0.3) is 0 Å². The third-order valence-corrected chi connectivity index (χ3v) is 8.54. The maximum atomic E-state index is 13.6. The predicted molar refractivity (Wildman–Crippen MR) is 142 cm³/mol. The number of rotatable bonds is 7. The molecule has 7 nitrogen and oxygen atoms in total. The van der Waals surface area contributed by atoms with Crippen molar-refractivity contribution in [3.05, 3.63) is 52.8 Å². The Balaban J connectivity index is 1.32. The molecule has 0 bridgehead atoms. The van der Waals surface area contributed by atoms with Crippen LogP contribution < -0.4 is 0 Å². The van der Waals surface area contributed by atoms with Crippen LogP contribution in [0.4, 0.5) is 0 Å². The summed E-state index contributed by atoms with van der Waals surface area (Å²) in [5, 5.41) is 14.9. The average molecular weight is 494 g/mol. The second-order valence-corrected chi connectivity index (χ2v) is 11.2. The minimum Gasteiger partial charge on any atom is -0.393 e. The molecule has 1 aromatic carbocycles. The van der Waals surface area contributed by atoms with Crippen LogP contribution in [0.3, 0.4) is 0 Å². The van der Waals surface area contributed by atoms with Gasteiger partial charge < -0.3 is 14.9 Å². The molecular weight excluding hydrogens is 450 g/mol. The van der Waals surface area contributed by atoms with E-state index in [1.165, 1.54) is 24.1 Å². The lowest BCUT2D eigenvalue weighted by Gasteiger charge is -2.41. The highest BCUT2D eigenvalue weighted by Gasteiger charge is 2.34. The Labute approximate surface area is 216 Å². The van der Waals surface area contributed by atoms with Crippen LogP contribution >= 0.6 is 0 Å². The normalized spacial score (nSPS) is 20.7. The largest absolute Gasteiger partial charge is 0.393 e. The number of aryl methyl sites for hydroxylation is 2. The minimum absolute atomic E-state index is 0.0523. The Hall–Kier alpha value is -2.22. The Bertz CT molecular complexity index is 1000. The van der Waals surface area contributed by atoms with E-state index >= 15 is 0 Å². The fraction of sp³-hybridized carbons (Fsp3) is 0.655. The monoisotopic (exact) mass is 493 g/mol. The molecule has 1 aromatic heterocycles. The Morgan fingerprint density at radius 2 is 1.75 bits per heavy atom. The first-order chi connectivity index (χ1) is 17.5. The number of likely N-dealkylation sites (tertiary alicyclic amines) is 2. The maximum Gasteiger partial charge on any atom is 0.274 e. The number of hydrogen-bond donors (Lipinski definition) is 1. The van der Waals surface area contributed by atoms with E-state index in [-0.39, 0.29) is 12.0 Å². The number of nitrogens with zero attached hydrogens (tertiary/aromatic N) is 5. The molecule has 2 fully saturated rings. The number of benzene rings is 1. The Morgan fingerprint density at radius 1 is 1.03 bits per heavy atom. The van der Waals surface area contributed by atoms with Crippen molar-refractivity contribution in [1.82, 2.24) is 24.5 Å². The molecule has 2 saturated heterocycles. The van der Waals surface area contributed by atoms with Crippen LogP contribution in [0.5, 0.6) is 0 Å². The molecule has 1 amide bonds. The van der Waals surface area contributed by atoms with E-state index in [1.807, 2.05) is 4.90 Å². The van der Waals surface area contributed by atoms with E-state index < -0.39 is 0 Å². The van der Waals surface area contributed by atoms with Gasteiger partial charge >= 0.3 is 0 Å². The topological polar surface area (TPSA) is 64.8 Å². The van der Waals surface area contributed by atoms with Crippen LogP contribution in [0.15, 0.2) is 30.3 Å². The van der Waals surface area contributed by atoms with Gasteiger partial charge in [0.2, 0.25) is 0 Å². The number of amides is 1. The van der Waals surface area contributed by atoms with Gasteiger partial charge in [-0.25, -0.2) is 0 Å². The summed E-state index contributed by atoms with van der Waals surface area (Å²) in [6, 6.07) is 11.8. The number of fused-ring (bicyclic) bond motifs is 1. The molecule has 0 radical (unpaired) electrons. The zero-order valence-corrected chi connectivity index (χ0v) is 22.1. The van der Waals surface area contributed by atoms with Crippen LogP contribution in [0.2, 0.25) is 0 Å². The van der Waals surface area contributed by atoms with Crippen molar-refractivity contribution in [3.63, 3.8) is 0 Å². The fourth-order valence-electron chi connectivity index (χ4n) is 6.24. The van der Waals surface area contributed by atoms with Gasteiger partial charge in [-0.2, -0.15) is 5.10 Å². The van der Waals surface area contributed by atoms with E-state index in [1.54, 1.807) is 0 Å². The van der Waals surface area contributed by atoms with Gasteiger partial charge in [0.1, 0.15) is 0 Å². The molecule has 3 aliphatic heterocycles. The number of carbonyl (C=O) groups is 1. The first-order valence-electron chi connectivity index (χ1n) is 14.1. The average Bonchev–Trinajstić information content (AvgIpc) is 3.27. The molecule has 0 unspecified atom stereocenters. The van der Waals surface area contributed by atoms with E-state index in [0.717, 1.165) is 57.5 Å². The number of aromatic nitrogens is 2. The van der Waals surface area contributed by atoms with Crippen molar-refractivity contribution < 1.29 is 9.90 Å². The number of piperidine rings is 2. The molecule has 0 atom stereocenters. The molecule has 5 rings (SSSR count). The number of hydrogen-bond acceptors (Lipinski definition) is 5. The van der Waals surface area contributed by atoms with Gasteiger partial charge in [0.05, 0.1) is 6.10 Å². The first kappa shape index (κ1) is 25.4. The van der Waals surface area contributed by atoms with Gasteiger partial charge in [-0.3, -0.25) is 14.4 Å². The van der Waals surface area contributed by atoms with Crippen molar-refractivity contribution in [3.8, 4) is 0 Å². The zero-order chi connectivity index (χ0) is 25.1. The van der Waals surface area contributed by atoms with Gasteiger partial charge in [0.25, 0.3) is 5.91 Å². The van der Waals surface area contributed by atoms with Crippen LogP contribution in [0.1, 0.15) is 73.3 Å². The van der Waals surface area contributed by atoms with E-state index in [0.29, 0.717) is 43.7 Å². The van der Waals surface area contributed by atoms with E-state index in [2.05, 4.69) is 58.7 Å². The van der Waals surface area contributed by atoms with Crippen molar-refractivity contribution in [2.75, 3.05) is 32.7 Å². The van der Waals surface area contributed by atoms with Crippen LogP contribution in [-0.4, -0.2) is 86.4 Å². The highest BCUT2D eigenvalue weighted by Crippen LogP contribution is 2.29. The van der Waals surface area contributed by atoms with Gasteiger partial charge in [-0.1, -0.05) is 30.3 Å². The predicted octanol–water partition coefficient (Wildman–Crippen LogP) is 3.34. The van der Waals surface area contributed by atoms with Gasteiger partial charge in [-0.05, 0) is 71.0 Å². The Kier molecular flexibility index (Phi) is 8.09. The van der Waals surface area contributed by atoms with Gasteiger partial charge in [-0.15, -0.1) is 0 Å².